The molecule has 1 N–H and O–H groups in total. The van der Waals surface area contributed by atoms with Gasteiger partial charge >= 0.3 is 0 Å². The molecule has 0 aliphatic rings. The number of nitrogens with one attached hydrogen (secondary N) is 1. The molecular formula is C15H21N3OS. The molecule has 0 unspecified atom stereocenters. The van der Waals surface area contributed by atoms with Crippen LogP contribution < -0.4 is 10.1 Å². The van der Waals surface area contributed by atoms with Gasteiger partial charge in [-0.3, -0.25) is 0 Å². The molecule has 0 saturated heterocycles. The molecule has 2 rings (SSSR count). The van der Waals surface area contributed by atoms with Crippen molar-refractivity contribution in [3.63, 3.8) is 0 Å². The first-order chi connectivity index (χ1) is 9.49. The van der Waals surface area contributed by atoms with Crippen LogP contribution in [0.1, 0.15) is 38.3 Å². The van der Waals surface area contributed by atoms with Gasteiger partial charge < -0.3 is 10.1 Å². The van der Waals surface area contributed by atoms with Gasteiger partial charge in [-0.05, 0) is 30.0 Å². The van der Waals surface area contributed by atoms with Crippen LogP contribution >= 0.6 is 11.3 Å². The number of rotatable bonds is 5. The van der Waals surface area contributed by atoms with Crippen molar-refractivity contribution in [2.24, 2.45) is 0 Å². The number of hydrogen-bond donors (Lipinski definition) is 1. The average molecular weight is 291 g/mol. The molecule has 0 aliphatic heterocycles. The summed E-state index contributed by atoms with van der Waals surface area (Å²) in [6, 6.07) is 8.22. The van der Waals surface area contributed by atoms with Crippen molar-refractivity contribution in [1.82, 2.24) is 10.2 Å². The minimum Gasteiger partial charge on any atom is -0.486 e. The minimum atomic E-state index is 0.125. The summed E-state index contributed by atoms with van der Waals surface area (Å²) in [4.78, 5) is 0. The molecule has 0 saturated carbocycles. The van der Waals surface area contributed by atoms with E-state index in [1.54, 1.807) is 0 Å². The molecular weight excluding hydrogens is 270 g/mol. The van der Waals surface area contributed by atoms with E-state index in [9.17, 15) is 0 Å². The third-order valence-electron chi connectivity index (χ3n) is 2.86. The zero-order valence-electron chi connectivity index (χ0n) is 12.4. The van der Waals surface area contributed by atoms with Crippen LogP contribution in [0.5, 0.6) is 5.75 Å². The highest BCUT2D eigenvalue weighted by molar-refractivity contribution is 7.15. The topological polar surface area (TPSA) is 47.0 Å². The summed E-state index contributed by atoms with van der Waals surface area (Å²) in [7, 11) is 0. The van der Waals surface area contributed by atoms with Crippen molar-refractivity contribution in [3.05, 3.63) is 34.8 Å². The van der Waals surface area contributed by atoms with E-state index in [1.807, 2.05) is 19.1 Å². The molecule has 4 nitrogen and oxygen atoms in total. The molecule has 108 valence electrons. The maximum Gasteiger partial charge on any atom is 0.205 e. The van der Waals surface area contributed by atoms with Crippen molar-refractivity contribution in [2.45, 2.75) is 39.7 Å². The van der Waals surface area contributed by atoms with Crippen molar-refractivity contribution in [2.75, 3.05) is 11.9 Å². The van der Waals surface area contributed by atoms with Gasteiger partial charge in [0.15, 0.2) is 5.01 Å². The van der Waals surface area contributed by atoms with Crippen molar-refractivity contribution < 1.29 is 4.74 Å². The van der Waals surface area contributed by atoms with Gasteiger partial charge in [-0.2, -0.15) is 0 Å². The Morgan fingerprint density at radius 2 is 2.05 bits per heavy atom. The second-order valence-electron chi connectivity index (χ2n) is 5.60. The summed E-state index contributed by atoms with van der Waals surface area (Å²) >= 11 is 1.53. The number of aromatic nitrogens is 2. The molecule has 20 heavy (non-hydrogen) atoms. The van der Waals surface area contributed by atoms with E-state index < -0.39 is 0 Å². The first-order valence-corrected chi connectivity index (χ1v) is 7.60. The number of nitrogens with zero attached hydrogens (tertiary/aromatic N) is 2. The fourth-order valence-electron chi connectivity index (χ4n) is 1.73. The van der Waals surface area contributed by atoms with E-state index in [1.165, 1.54) is 16.9 Å². The van der Waals surface area contributed by atoms with Gasteiger partial charge in [-0.25, -0.2) is 0 Å². The predicted octanol–water partition coefficient (Wildman–Crippen LogP) is 3.85. The molecule has 0 atom stereocenters. The smallest absolute Gasteiger partial charge is 0.205 e. The highest BCUT2D eigenvalue weighted by atomic mass is 32.1. The Balaban J connectivity index is 1.99. The predicted molar refractivity (Wildman–Crippen MR) is 83.5 cm³/mol. The zero-order chi connectivity index (χ0) is 14.6. The van der Waals surface area contributed by atoms with E-state index in [-0.39, 0.29) is 5.41 Å². The Labute approximate surface area is 124 Å². The standard InChI is InChI=1S/C15H21N3OS/c1-5-16-14-18-17-13(20-14)10-19-12-8-6-7-11(9-12)15(2,3)4/h6-9H,5,10H2,1-4H3,(H,16,18). The van der Waals surface area contributed by atoms with Gasteiger partial charge in [0, 0.05) is 6.54 Å². The lowest BCUT2D eigenvalue weighted by Crippen LogP contribution is -2.10. The highest BCUT2D eigenvalue weighted by Crippen LogP contribution is 2.26. The maximum atomic E-state index is 5.80. The van der Waals surface area contributed by atoms with Crippen LogP contribution in [0.15, 0.2) is 24.3 Å². The quantitative estimate of drug-likeness (QED) is 0.909. The largest absolute Gasteiger partial charge is 0.486 e. The molecule has 0 radical (unpaired) electrons. The lowest BCUT2D eigenvalue weighted by atomic mass is 9.87. The fourth-order valence-corrected chi connectivity index (χ4v) is 2.45. The third-order valence-corrected chi connectivity index (χ3v) is 3.71. The summed E-state index contributed by atoms with van der Waals surface area (Å²) in [6.45, 7) is 9.92. The Morgan fingerprint density at radius 1 is 1.25 bits per heavy atom. The Morgan fingerprint density at radius 3 is 2.75 bits per heavy atom. The van der Waals surface area contributed by atoms with Gasteiger partial charge in [-0.1, -0.05) is 44.2 Å². The van der Waals surface area contributed by atoms with Crippen molar-refractivity contribution >= 4 is 16.5 Å². The Bertz CT molecular complexity index is 560. The molecule has 0 fully saturated rings. The summed E-state index contributed by atoms with van der Waals surface area (Å²) < 4.78 is 5.80. The van der Waals surface area contributed by atoms with Crippen LogP contribution in [-0.2, 0) is 12.0 Å². The lowest BCUT2D eigenvalue weighted by molar-refractivity contribution is 0.303. The SMILES string of the molecule is CCNc1nnc(COc2cccc(C(C)(C)C)c2)s1. The highest BCUT2D eigenvalue weighted by Gasteiger charge is 2.14. The summed E-state index contributed by atoms with van der Waals surface area (Å²) in [5.74, 6) is 0.873. The van der Waals surface area contributed by atoms with Crippen LogP contribution in [0.3, 0.4) is 0 Å². The molecule has 1 heterocycles. The second kappa shape index (κ2) is 6.22. The second-order valence-corrected chi connectivity index (χ2v) is 6.66. The molecule has 0 spiro atoms. The lowest BCUT2D eigenvalue weighted by Gasteiger charge is -2.19. The maximum absolute atomic E-state index is 5.80. The number of anilines is 1. The zero-order valence-corrected chi connectivity index (χ0v) is 13.3. The minimum absolute atomic E-state index is 0.125. The third kappa shape index (κ3) is 3.93. The number of hydrogen-bond acceptors (Lipinski definition) is 5. The molecule has 1 aromatic carbocycles. The molecule has 1 aromatic heterocycles. The van der Waals surface area contributed by atoms with E-state index in [0.717, 1.165) is 22.4 Å². The van der Waals surface area contributed by atoms with Crippen molar-refractivity contribution in [1.29, 1.82) is 0 Å². The molecule has 0 amide bonds. The molecule has 2 aromatic rings. The van der Waals surface area contributed by atoms with Crippen LogP contribution in [0.2, 0.25) is 0 Å². The monoisotopic (exact) mass is 291 g/mol. The van der Waals surface area contributed by atoms with Crippen LogP contribution in [0, 0.1) is 0 Å². The summed E-state index contributed by atoms with van der Waals surface area (Å²) in [5.41, 5.74) is 1.39. The number of ether oxygens (including phenoxy) is 1. The van der Waals surface area contributed by atoms with E-state index in [4.69, 9.17) is 4.74 Å². The Hall–Kier alpha value is -1.62. The van der Waals surface area contributed by atoms with Gasteiger partial charge in [0.2, 0.25) is 5.13 Å². The van der Waals surface area contributed by atoms with E-state index in [0.29, 0.717) is 6.61 Å². The van der Waals surface area contributed by atoms with Crippen molar-refractivity contribution in [3.8, 4) is 5.75 Å². The molecule has 0 aliphatic carbocycles. The van der Waals surface area contributed by atoms with Gasteiger partial charge in [-0.15, -0.1) is 10.2 Å². The summed E-state index contributed by atoms with van der Waals surface area (Å²) in [5, 5.41) is 13.0. The first-order valence-electron chi connectivity index (χ1n) is 6.78. The Kier molecular flexibility index (Phi) is 4.60. The van der Waals surface area contributed by atoms with Crippen LogP contribution in [0.4, 0.5) is 5.13 Å². The average Bonchev–Trinajstić information content (AvgIpc) is 2.84. The van der Waals surface area contributed by atoms with Crippen LogP contribution in [-0.4, -0.2) is 16.7 Å². The van der Waals surface area contributed by atoms with E-state index in [2.05, 4.69) is 48.4 Å². The molecule has 0 bridgehead atoms. The van der Waals surface area contributed by atoms with Crippen LogP contribution in [0.25, 0.3) is 0 Å². The summed E-state index contributed by atoms with van der Waals surface area (Å²) in [6.07, 6.45) is 0. The van der Waals surface area contributed by atoms with Gasteiger partial charge in [0.1, 0.15) is 12.4 Å². The normalized spacial score (nSPS) is 11.4. The fraction of sp³-hybridized carbons (Fsp3) is 0.467. The van der Waals surface area contributed by atoms with E-state index >= 15 is 0 Å². The molecule has 5 heteroatoms. The van der Waals surface area contributed by atoms with Gasteiger partial charge in [0.25, 0.3) is 0 Å². The first kappa shape index (κ1) is 14.8. The number of benzene rings is 1. The van der Waals surface area contributed by atoms with Gasteiger partial charge in [0.05, 0.1) is 0 Å².